The minimum atomic E-state index is -0.589. The number of aromatic nitrogens is 1. The summed E-state index contributed by atoms with van der Waals surface area (Å²) in [6, 6.07) is 6.78. The molecule has 23 heavy (non-hydrogen) atoms. The minimum Gasteiger partial charge on any atom is -0.506 e. The zero-order valence-electron chi connectivity index (χ0n) is 13.8. The predicted octanol–water partition coefficient (Wildman–Crippen LogP) is 5.77. The highest BCUT2D eigenvalue weighted by atomic mass is 35.5. The molecule has 126 valence electrons. The molecule has 0 aliphatic carbocycles. The van der Waals surface area contributed by atoms with Crippen LogP contribution in [-0.2, 0) is 0 Å². The van der Waals surface area contributed by atoms with Gasteiger partial charge in [-0.05, 0) is 30.7 Å². The first-order valence-electron chi connectivity index (χ1n) is 8.59. The lowest BCUT2D eigenvalue weighted by Gasteiger charge is -2.12. The summed E-state index contributed by atoms with van der Waals surface area (Å²) in [6.45, 7) is 2.22. The SMILES string of the molecule is CCCCCCCCCC(O)c1ccc2c(Cl)ccc(O)c2n1. The van der Waals surface area contributed by atoms with Crippen molar-refractivity contribution in [3.63, 3.8) is 0 Å². The van der Waals surface area contributed by atoms with Gasteiger partial charge in [0.25, 0.3) is 0 Å². The fourth-order valence-corrected chi connectivity index (χ4v) is 3.03. The Kier molecular flexibility index (Phi) is 7.13. The van der Waals surface area contributed by atoms with Gasteiger partial charge in [-0.3, -0.25) is 0 Å². The summed E-state index contributed by atoms with van der Waals surface area (Å²) in [5.74, 6) is 0.0920. The number of hydrogen-bond donors (Lipinski definition) is 2. The van der Waals surface area contributed by atoms with Gasteiger partial charge in [0, 0.05) is 5.39 Å². The van der Waals surface area contributed by atoms with Crippen molar-refractivity contribution >= 4 is 22.5 Å². The minimum absolute atomic E-state index is 0.0920. The number of aliphatic hydroxyl groups excluding tert-OH is 1. The summed E-state index contributed by atoms with van der Waals surface area (Å²) in [6.07, 6.45) is 8.66. The molecule has 2 N–H and O–H groups in total. The molecule has 0 fully saturated rings. The lowest BCUT2D eigenvalue weighted by Crippen LogP contribution is -2.01. The Hall–Kier alpha value is -1.32. The highest BCUT2D eigenvalue weighted by Crippen LogP contribution is 2.31. The van der Waals surface area contributed by atoms with E-state index in [-0.39, 0.29) is 5.75 Å². The van der Waals surface area contributed by atoms with Crippen LogP contribution in [0.4, 0.5) is 0 Å². The van der Waals surface area contributed by atoms with Gasteiger partial charge in [-0.2, -0.15) is 0 Å². The second kappa shape index (κ2) is 9.09. The van der Waals surface area contributed by atoms with Crippen molar-refractivity contribution in [1.29, 1.82) is 0 Å². The molecule has 0 saturated carbocycles. The molecule has 3 nitrogen and oxygen atoms in total. The molecule has 1 heterocycles. The normalized spacial score (nSPS) is 12.7. The second-order valence-electron chi connectivity index (χ2n) is 6.12. The number of phenolic OH excluding ortho intramolecular Hbond substituents is 1. The van der Waals surface area contributed by atoms with E-state index in [0.29, 0.717) is 28.0 Å². The number of fused-ring (bicyclic) bond motifs is 1. The maximum atomic E-state index is 10.3. The smallest absolute Gasteiger partial charge is 0.141 e. The summed E-state index contributed by atoms with van der Waals surface area (Å²) < 4.78 is 0. The van der Waals surface area contributed by atoms with Crippen molar-refractivity contribution in [3.8, 4) is 5.75 Å². The third kappa shape index (κ3) is 5.08. The molecule has 0 radical (unpaired) electrons. The van der Waals surface area contributed by atoms with E-state index in [0.717, 1.165) is 12.8 Å². The number of nitrogens with zero attached hydrogens (tertiary/aromatic N) is 1. The fraction of sp³-hybridized carbons (Fsp3) is 0.526. The van der Waals surface area contributed by atoms with Crippen molar-refractivity contribution < 1.29 is 10.2 Å². The number of rotatable bonds is 9. The van der Waals surface area contributed by atoms with Gasteiger partial charge >= 0.3 is 0 Å². The summed E-state index contributed by atoms with van der Waals surface area (Å²) in [4.78, 5) is 4.39. The number of pyridine rings is 1. The monoisotopic (exact) mass is 335 g/mol. The van der Waals surface area contributed by atoms with Crippen LogP contribution in [0.3, 0.4) is 0 Å². The molecule has 0 saturated heterocycles. The van der Waals surface area contributed by atoms with Crippen LogP contribution in [0, 0.1) is 0 Å². The van der Waals surface area contributed by atoms with Gasteiger partial charge in [0.1, 0.15) is 11.3 Å². The highest BCUT2D eigenvalue weighted by molar-refractivity contribution is 6.35. The van der Waals surface area contributed by atoms with Gasteiger partial charge in [-0.15, -0.1) is 0 Å². The standard InChI is InChI=1S/C19H26ClNO2/c1-2-3-4-5-6-7-8-9-17(22)16-12-10-14-15(20)11-13-18(23)19(14)21-16/h10-13,17,22-23H,2-9H2,1H3. The molecule has 0 aliphatic heterocycles. The average molecular weight is 336 g/mol. The van der Waals surface area contributed by atoms with Crippen molar-refractivity contribution in [2.75, 3.05) is 0 Å². The number of unbranched alkanes of at least 4 members (excludes halogenated alkanes) is 6. The molecule has 1 atom stereocenters. The molecule has 1 unspecified atom stereocenters. The van der Waals surface area contributed by atoms with Gasteiger partial charge < -0.3 is 10.2 Å². The lowest BCUT2D eigenvalue weighted by atomic mass is 10.0. The first-order chi connectivity index (χ1) is 11.1. The molecule has 2 aromatic rings. The van der Waals surface area contributed by atoms with Crippen molar-refractivity contribution in [2.45, 2.75) is 64.4 Å². The maximum absolute atomic E-state index is 10.3. The molecule has 0 spiro atoms. The molecule has 1 aromatic carbocycles. The summed E-state index contributed by atoms with van der Waals surface area (Å²) in [7, 11) is 0. The summed E-state index contributed by atoms with van der Waals surface area (Å²) in [5.41, 5.74) is 1.05. The number of phenols is 1. The Morgan fingerprint density at radius 3 is 2.43 bits per heavy atom. The van der Waals surface area contributed by atoms with Gasteiger partial charge in [0.05, 0.1) is 16.8 Å². The maximum Gasteiger partial charge on any atom is 0.141 e. The van der Waals surface area contributed by atoms with E-state index in [4.69, 9.17) is 11.6 Å². The average Bonchev–Trinajstić information content (AvgIpc) is 2.57. The lowest BCUT2D eigenvalue weighted by molar-refractivity contribution is 0.159. The number of hydrogen-bond acceptors (Lipinski definition) is 3. The van der Waals surface area contributed by atoms with Crippen LogP contribution in [0.1, 0.15) is 70.1 Å². The Morgan fingerprint density at radius 2 is 1.70 bits per heavy atom. The highest BCUT2D eigenvalue weighted by Gasteiger charge is 2.12. The Balaban J connectivity index is 1.89. The molecule has 1 aromatic heterocycles. The first-order valence-corrected chi connectivity index (χ1v) is 8.97. The summed E-state index contributed by atoms with van der Waals surface area (Å²) >= 11 is 6.10. The Morgan fingerprint density at radius 1 is 1.00 bits per heavy atom. The number of halogens is 1. The van der Waals surface area contributed by atoms with Crippen LogP contribution in [0.2, 0.25) is 5.02 Å². The van der Waals surface area contributed by atoms with Crippen LogP contribution in [-0.4, -0.2) is 15.2 Å². The van der Waals surface area contributed by atoms with Crippen LogP contribution >= 0.6 is 11.6 Å². The third-order valence-electron chi connectivity index (χ3n) is 4.23. The van der Waals surface area contributed by atoms with E-state index >= 15 is 0 Å². The number of benzene rings is 1. The van der Waals surface area contributed by atoms with E-state index in [2.05, 4.69) is 11.9 Å². The Labute approximate surface area is 143 Å². The third-order valence-corrected chi connectivity index (χ3v) is 4.56. The molecule has 0 aliphatic rings. The van der Waals surface area contributed by atoms with Crippen molar-refractivity contribution in [1.82, 2.24) is 4.98 Å². The van der Waals surface area contributed by atoms with Gasteiger partial charge in [0.15, 0.2) is 0 Å². The van der Waals surface area contributed by atoms with Gasteiger partial charge in [0.2, 0.25) is 0 Å². The van der Waals surface area contributed by atoms with E-state index < -0.39 is 6.10 Å². The molecule has 0 amide bonds. The number of aliphatic hydroxyl groups is 1. The van der Waals surface area contributed by atoms with E-state index in [1.165, 1.54) is 38.2 Å². The number of aromatic hydroxyl groups is 1. The molecular weight excluding hydrogens is 310 g/mol. The second-order valence-corrected chi connectivity index (χ2v) is 6.53. The topological polar surface area (TPSA) is 53.4 Å². The van der Waals surface area contributed by atoms with Crippen LogP contribution in [0.25, 0.3) is 10.9 Å². The van der Waals surface area contributed by atoms with Gasteiger partial charge in [-0.1, -0.05) is 63.5 Å². The van der Waals surface area contributed by atoms with E-state index in [1.54, 1.807) is 12.1 Å². The van der Waals surface area contributed by atoms with Crippen molar-refractivity contribution in [3.05, 3.63) is 35.0 Å². The zero-order valence-corrected chi connectivity index (χ0v) is 14.5. The zero-order chi connectivity index (χ0) is 16.7. The molecule has 2 rings (SSSR count). The van der Waals surface area contributed by atoms with E-state index in [1.807, 2.05) is 6.07 Å². The molecular formula is C19H26ClNO2. The van der Waals surface area contributed by atoms with Crippen LogP contribution in [0.15, 0.2) is 24.3 Å². The predicted molar refractivity (Wildman–Crippen MR) is 96.0 cm³/mol. The molecule has 0 bridgehead atoms. The summed E-state index contributed by atoms with van der Waals surface area (Å²) in [5, 5.41) is 21.5. The van der Waals surface area contributed by atoms with E-state index in [9.17, 15) is 10.2 Å². The quantitative estimate of drug-likeness (QED) is 0.572. The van der Waals surface area contributed by atoms with Crippen LogP contribution < -0.4 is 0 Å². The Bertz CT molecular complexity index is 630. The van der Waals surface area contributed by atoms with Gasteiger partial charge in [-0.25, -0.2) is 4.98 Å². The first kappa shape index (κ1) is 18.0. The molecule has 4 heteroatoms. The van der Waals surface area contributed by atoms with Crippen LogP contribution in [0.5, 0.6) is 5.75 Å². The van der Waals surface area contributed by atoms with Crippen molar-refractivity contribution in [2.24, 2.45) is 0 Å². The fourth-order valence-electron chi connectivity index (χ4n) is 2.81. The largest absolute Gasteiger partial charge is 0.506 e.